The van der Waals surface area contributed by atoms with Crippen molar-refractivity contribution in [1.82, 2.24) is 0 Å². The molecular formula is C13H9IOZn-. The zero-order valence-corrected chi connectivity index (χ0v) is 13.8. The number of hydrogen-bond acceptors (Lipinski definition) is 1. The molecule has 0 bridgehead atoms. The Kier molecular flexibility index (Phi) is 7.48. The molecule has 1 aliphatic rings. The van der Waals surface area contributed by atoms with Gasteiger partial charge in [-0.25, -0.2) is 0 Å². The van der Waals surface area contributed by atoms with E-state index >= 15 is 0 Å². The minimum atomic E-state index is 0. The first-order valence-electron chi connectivity index (χ1n) is 4.44. The van der Waals surface area contributed by atoms with E-state index in [1.807, 2.05) is 30.3 Å². The van der Waals surface area contributed by atoms with E-state index in [0.29, 0.717) is 5.57 Å². The number of allylic oxidation sites excluding steroid dienone is 3. The number of ketones is 1. The Morgan fingerprint density at radius 2 is 1.75 bits per heavy atom. The predicted octanol–water partition coefficient (Wildman–Crippen LogP) is -0.274. The van der Waals surface area contributed by atoms with E-state index in [2.05, 4.69) is 5.73 Å². The summed E-state index contributed by atoms with van der Waals surface area (Å²) < 4.78 is 0. The van der Waals surface area contributed by atoms with Gasteiger partial charge < -0.3 is 24.0 Å². The van der Waals surface area contributed by atoms with Gasteiger partial charge in [0.2, 0.25) is 0 Å². The summed E-state index contributed by atoms with van der Waals surface area (Å²) in [5.74, 6) is 0.0552. The van der Waals surface area contributed by atoms with Gasteiger partial charge in [0.1, 0.15) is 0 Å². The molecule has 0 aromatic heterocycles. The molecule has 2 rings (SSSR count). The Balaban J connectivity index is 0.00000112. The van der Waals surface area contributed by atoms with Crippen molar-refractivity contribution in [2.24, 2.45) is 0 Å². The van der Waals surface area contributed by atoms with Gasteiger partial charge in [0.05, 0.1) is 0 Å². The molecule has 1 radical (unpaired) electrons. The van der Waals surface area contributed by atoms with E-state index in [0.717, 1.165) is 5.56 Å². The van der Waals surface area contributed by atoms with Crippen LogP contribution in [0.2, 0.25) is 0 Å². The van der Waals surface area contributed by atoms with Gasteiger partial charge >= 0.3 is 0 Å². The van der Waals surface area contributed by atoms with Crippen molar-refractivity contribution in [2.45, 2.75) is 0 Å². The molecule has 0 heterocycles. The third kappa shape index (κ3) is 3.82. The van der Waals surface area contributed by atoms with Crippen LogP contribution in [-0.4, -0.2) is 5.78 Å². The van der Waals surface area contributed by atoms with E-state index in [1.165, 1.54) is 0 Å². The van der Waals surface area contributed by atoms with Gasteiger partial charge in [0.25, 0.3) is 0 Å². The van der Waals surface area contributed by atoms with Crippen molar-refractivity contribution in [3.8, 4) is 0 Å². The monoisotopic (exact) mass is 372 g/mol. The Labute approximate surface area is 125 Å². The molecule has 0 unspecified atom stereocenters. The van der Waals surface area contributed by atoms with Crippen molar-refractivity contribution in [3.05, 3.63) is 71.8 Å². The molecule has 0 amide bonds. The molecular weight excluding hydrogens is 364 g/mol. The molecule has 0 fully saturated rings. The van der Waals surface area contributed by atoms with Crippen LogP contribution in [0.3, 0.4) is 0 Å². The Hall–Kier alpha value is -0.497. The normalized spacial score (nSPS) is 12.1. The molecule has 16 heavy (non-hydrogen) atoms. The van der Waals surface area contributed by atoms with Gasteiger partial charge in [-0.3, -0.25) is 4.79 Å². The van der Waals surface area contributed by atoms with E-state index in [4.69, 9.17) is 0 Å². The average Bonchev–Trinajstić information content (AvgIpc) is 2.30. The quantitative estimate of drug-likeness (QED) is 0.302. The Morgan fingerprint density at radius 3 is 2.31 bits per heavy atom. The van der Waals surface area contributed by atoms with Gasteiger partial charge in [-0.1, -0.05) is 30.3 Å². The predicted molar refractivity (Wildman–Crippen MR) is 55.8 cm³/mol. The summed E-state index contributed by atoms with van der Waals surface area (Å²) in [6.07, 6.45) is 7.04. The zero-order chi connectivity index (χ0) is 9.80. The summed E-state index contributed by atoms with van der Waals surface area (Å²) in [6, 6.07) is 9.26. The molecule has 0 saturated heterocycles. The average molecular weight is 374 g/mol. The first-order chi connectivity index (χ1) is 6.88. The van der Waals surface area contributed by atoms with Crippen molar-refractivity contribution < 1.29 is 48.2 Å². The van der Waals surface area contributed by atoms with Crippen LogP contribution < -0.4 is 24.0 Å². The summed E-state index contributed by atoms with van der Waals surface area (Å²) in [6.45, 7) is 0. The molecule has 0 spiro atoms. The van der Waals surface area contributed by atoms with Crippen LogP contribution in [0.1, 0.15) is 10.4 Å². The molecule has 0 N–H and O–H groups in total. The van der Waals surface area contributed by atoms with Gasteiger partial charge in [-0.05, 0) is 18.2 Å². The van der Waals surface area contributed by atoms with Crippen LogP contribution in [0.25, 0.3) is 0 Å². The second kappa shape index (κ2) is 7.72. The summed E-state index contributed by atoms with van der Waals surface area (Å²) in [5.41, 5.74) is 4.31. The SMILES string of the molecule is O=C(C1=CC=C=C[CH]1)c1ccccc1.[I-].[Zn]. The maximum Gasteiger partial charge on any atom is 0.189 e. The Bertz CT molecular complexity index is 442. The van der Waals surface area contributed by atoms with Crippen LogP contribution in [0, 0.1) is 6.42 Å². The molecule has 1 nitrogen and oxygen atoms in total. The second-order valence-corrected chi connectivity index (χ2v) is 2.98. The van der Waals surface area contributed by atoms with Crippen LogP contribution in [0.5, 0.6) is 0 Å². The van der Waals surface area contributed by atoms with Crippen molar-refractivity contribution in [1.29, 1.82) is 0 Å². The molecule has 3 heteroatoms. The van der Waals surface area contributed by atoms with Crippen molar-refractivity contribution in [2.75, 3.05) is 0 Å². The van der Waals surface area contributed by atoms with E-state index in [1.54, 1.807) is 24.6 Å². The summed E-state index contributed by atoms with van der Waals surface area (Å²) in [4.78, 5) is 11.8. The number of halogens is 1. The number of Topliss-reactive ketones (excluding diaryl/α,β-unsaturated/α-hetero) is 1. The third-order valence-corrected chi connectivity index (χ3v) is 2.02. The summed E-state index contributed by atoms with van der Waals surface area (Å²) in [5, 5.41) is 0. The van der Waals surface area contributed by atoms with Gasteiger partial charge in [-0.15, -0.1) is 5.73 Å². The number of rotatable bonds is 2. The molecule has 1 aromatic rings. The fourth-order valence-electron chi connectivity index (χ4n) is 1.29. The van der Waals surface area contributed by atoms with Crippen LogP contribution in [0.4, 0.5) is 0 Å². The Morgan fingerprint density at radius 1 is 1.06 bits per heavy atom. The zero-order valence-electron chi connectivity index (χ0n) is 8.69. The number of carbonyl (C=O) groups is 1. The van der Waals surface area contributed by atoms with Gasteiger partial charge in [-0.2, -0.15) is 0 Å². The molecule has 77 valence electrons. The van der Waals surface area contributed by atoms with Crippen molar-refractivity contribution >= 4 is 5.78 Å². The third-order valence-electron chi connectivity index (χ3n) is 2.02. The van der Waals surface area contributed by atoms with E-state index < -0.39 is 0 Å². The number of benzene rings is 1. The van der Waals surface area contributed by atoms with E-state index in [9.17, 15) is 4.79 Å². The first kappa shape index (κ1) is 15.5. The standard InChI is InChI=1S/C13H9O.HI.Zn/c14-13(11-7-3-1-4-8-11)12-9-5-2-6-10-12;;/h1,3-10H;1H;/p-1. The number of carbonyl (C=O) groups excluding carboxylic acids is 1. The van der Waals surface area contributed by atoms with Crippen LogP contribution in [-0.2, 0) is 19.5 Å². The van der Waals surface area contributed by atoms with Crippen LogP contribution >= 0.6 is 0 Å². The molecule has 0 aliphatic heterocycles. The maximum absolute atomic E-state index is 11.8. The first-order valence-corrected chi connectivity index (χ1v) is 4.44. The maximum atomic E-state index is 11.8. The van der Waals surface area contributed by atoms with Crippen molar-refractivity contribution in [3.63, 3.8) is 0 Å². The summed E-state index contributed by atoms with van der Waals surface area (Å²) >= 11 is 0. The van der Waals surface area contributed by atoms with Crippen LogP contribution in [0.15, 0.2) is 59.9 Å². The topological polar surface area (TPSA) is 17.1 Å². The largest absolute Gasteiger partial charge is 1.00 e. The minimum absolute atomic E-state index is 0. The second-order valence-electron chi connectivity index (χ2n) is 2.98. The fourth-order valence-corrected chi connectivity index (χ4v) is 1.29. The fraction of sp³-hybridized carbons (Fsp3) is 0. The van der Waals surface area contributed by atoms with Gasteiger partial charge in [0, 0.05) is 37.0 Å². The molecule has 0 saturated carbocycles. The molecule has 0 atom stereocenters. The minimum Gasteiger partial charge on any atom is -1.00 e. The molecule has 1 aromatic carbocycles. The molecule has 1 aliphatic carbocycles. The summed E-state index contributed by atoms with van der Waals surface area (Å²) in [7, 11) is 0. The van der Waals surface area contributed by atoms with Gasteiger partial charge in [0.15, 0.2) is 5.78 Å². The van der Waals surface area contributed by atoms with E-state index in [-0.39, 0.29) is 49.2 Å². The number of hydrogen-bond donors (Lipinski definition) is 0. The smallest absolute Gasteiger partial charge is 0.189 e.